The number of hydrogen-bond donors (Lipinski definition) is 2. The smallest absolute Gasteiger partial charge is 0.259 e. The van der Waals surface area contributed by atoms with Gasteiger partial charge in [-0.25, -0.2) is 23.0 Å². The monoisotopic (exact) mass is 208 g/mol. The molecule has 0 bridgehead atoms. The number of halogens is 4. The summed E-state index contributed by atoms with van der Waals surface area (Å²) in [6.45, 7) is 0. The highest BCUT2D eigenvalue weighted by Crippen LogP contribution is 2.23. The normalized spacial score (nSPS) is 13.3. The lowest BCUT2D eigenvalue weighted by atomic mass is 10.1. The zero-order valence-electron chi connectivity index (χ0n) is 6.98. The summed E-state index contributed by atoms with van der Waals surface area (Å²) in [5.41, 5.74) is 1.25. The molecule has 1 aromatic carbocycles. The number of nitrogens with one attached hydrogen (secondary N) is 1. The van der Waals surface area contributed by atoms with Gasteiger partial charge < -0.3 is 0 Å². The van der Waals surface area contributed by atoms with Crippen LogP contribution in [-0.4, -0.2) is 6.43 Å². The van der Waals surface area contributed by atoms with E-state index >= 15 is 0 Å². The van der Waals surface area contributed by atoms with E-state index in [0.29, 0.717) is 0 Å². The summed E-state index contributed by atoms with van der Waals surface area (Å²) >= 11 is 0. The Labute approximate surface area is 77.7 Å². The van der Waals surface area contributed by atoms with E-state index in [4.69, 9.17) is 5.84 Å². The second kappa shape index (κ2) is 4.39. The summed E-state index contributed by atoms with van der Waals surface area (Å²) < 4.78 is 50.2. The Bertz CT molecular complexity index is 316. The quantitative estimate of drug-likeness (QED) is 0.451. The first-order valence-electron chi connectivity index (χ1n) is 3.76. The summed E-state index contributed by atoms with van der Waals surface area (Å²) in [4.78, 5) is 0. The molecular weight excluding hydrogens is 200 g/mol. The first-order valence-corrected chi connectivity index (χ1v) is 3.76. The summed E-state index contributed by atoms with van der Waals surface area (Å²) in [6, 6.07) is 1.33. The Morgan fingerprint density at radius 3 is 2.36 bits per heavy atom. The zero-order chi connectivity index (χ0) is 10.7. The average molecular weight is 208 g/mol. The van der Waals surface area contributed by atoms with Crippen molar-refractivity contribution in [3.05, 3.63) is 35.4 Å². The third kappa shape index (κ3) is 2.02. The lowest BCUT2D eigenvalue weighted by Crippen LogP contribution is -2.33. The maximum Gasteiger partial charge on any atom is 0.259 e. The predicted molar refractivity (Wildman–Crippen MR) is 42.4 cm³/mol. The van der Waals surface area contributed by atoms with Crippen LogP contribution >= 0.6 is 0 Å². The van der Waals surface area contributed by atoms with Crippen LogP contribution in [0.5, 0.6) is 0 Å². The maximum atomic E-state index is 13.0. The highest BCUT2D eigenvalue weighted by molar-refractivity contribution is 5.22. The van der Waals surface area contributed by atoms with Crippen LogP contribution in [-0.2, 0) is 0 Å². The maximum absolute atomic E-state index is 13.0. The molecule has 3 N–H and O–H groups in total. The Hall–Kier alpha value is -1.14. The third-order valence-corrected chi connectivity index (χ3v) is 1.75. The van der Waals surface area contributed by atoms with E-state index in [1.807, 2.05) is 0 Å². The van der Waals surface area contributed by atoms with Gasteiger partial charge in [0.05, 0.1) is 0 Å². The average Bonchev–Trinajstić information content (AvgIpc) is 2.13. The van der Waals surface area contributed by atoms with Crippen molar-refractivity contribution >= 4 is 0 Å². The first kappa shape index (κ1) is 10.9. The molecule has 0 spiro atoms. The lowest BCUT2D eigenvalue weighted by Gasteiger charge is -2.15. The van der Waals surface area contributed by atoms with Crippen molar-refractivity contribution in [2.24, 2.45) is 5.84 Å². The van der Waals surface area contributed by atoms with Crippen LogP contribution in [0.15, 0.2) is 18.2 Å². The van der Waals surface area contributed by atoms with Gasteiger partial charge in [-0.2, -0.15) is 0 Å². The molecule has 0 aliphatic heterocycles. The molecule has 6 heteroatoms. The molecule has 14 heavy (non-hydrogen) atoms. The molecule has 0 aliphatic carbocycles. The number of hydrazine groups is 1. The molecule has 0 radical (unpaired) electrons. The molecule has 0 saturated heterocycles. The van der Waals surface area contributed by atoms with Gasteiger partial charge in [-0.15, -0.1) is 0 Å². The Morgan fingerprint density at radius 2 is 1.86 bits per heavy atom. The van der Waals surface area contributed by atoms with Crippen molar-refractivity contribution in [3.8, 4) is 0 Å². The second-order valence-corrected chi connectivity index (χ2v) is 2.62. The topological polar surface area (TPSA) is 38.0 Å². The fraction of sp³-hybridized carbons (Fsp3) is 0.250. The van der Waals surface area contributed by atoms with Crippen LogP contribution in [0.25, 0.3) is 0 Å². The Morgan fingerprint density at radius 1 is 1.21 bits per heavy atom. The van der Waals surface area contributed by atoms with Crippen molar-refractivity contribution in [3.63, 3.8) is 0 Å². The van der Waals surface area contributed by atoms with Crippen molar-refractivity contribution in [2.75, 3.05) is 0 Å². The molecule has 1 atom stereocenters. The molecule has 0 aliphatic rings. The van der Waals surface area contributed by atoms with Gasteiger partial charge in [-0.3, -0.25) is 5.84 Å². The molecule has 78 valence electrons. The van der Waals surface area contributed by atoms with E-state index in [1.54, 1.807) is 5.43 Å². The molecule has 1 aromatic rings. The van der Waals surface area contributed by atoms with Gasteiger partial charge in [-0.05, 0) is 6.07 Å². The van der Waals surface area contributed by atoms with E-state index < -0.39 is 29.7 Å². The summed E-state index contributed by atoms with van der Waals surface area (Å²) in [5.74, 6) is 2.32. The minimum absolute atomic E-state index is 0.484. The van der Waals surface area contributed by atoms with Gasteiger partial charge >= 0.3 is 0 Å². The summed E-state index contributed by atoms with van der Waals surface area (Å²) in [7, 11) is 0. The van der Waals surface area contributed by atoms with E-state index in [0.717, 1.165) is 18.2 Å². The highest BCUT2D eigenvalue weighted by Gasteiger charge is 2.25. The van der Waals surface area contributed by atoms with Crippen molar-refractivity contribution in [2.45, 2.75) is 12.5 Å². The van der Waals surface area contributed by atoms with E-state index in [9.17, 15) is 17.6 Å². The molecular formula is C8H8F4N2. The highest BCUT2D eigenvalue weighted by atomic mass is 19.3. The van der Waals surface area contributed by atoms with Crippen molar-refractivity contribution in [1.29, 1.82) is 0 Å². The van der Waals surface area contributed by atoms with Gasteiger partial charge in [0.2, 0.25) is 0 Å². The van der Waals surface area contributed by atoms with Gasteiger partial charge in [0.1, 0.15) is 6.04 Å². The summed E-state index contributed by atoms with van der Waals surface area (Å²) in [5, 5.41) is 0. The van der Waals surface area contributed by atoms with Gasteiger partial charge in [0.15, 0.2) is 11.6 Å². The fourth-order valence-electron chi connectivity index (χ4n) is 1.06. The van der Waals surface area contributed by atoms with Gasteiger partial charge in [-0.1, -0.05) is 12.1 Å². The standard InChI is InChI=1S/C8H8F4N2/c9-5-3-1-2-4(6(5)10)7(14-13)8(11)12/h1-3,7-8,14H,13H2. The fourth-order valence-corrected chi connectivity index (χ4v) is 1.06. The largest absolute Gasteiger partial charge is 0.271 e. The first-order chi connectivity index (χ1) is 6.57. The van der Waals surface area contributed by atoms with Crippen LogP contribution in [0, 0.1) is 11.6 Å². The molecule has 0 saturated carbocycles. The number of benzene rings is 1. The predicted octanol–water partition coefficient (Wildman–Crippen LogP) is 1.73. The number of alkyl halides is 2. The van der Waals surface area contributed by atoms with Crippen molar-refractivity contribution < 1.29 is 17.6 Å². The van der Waals surface area contributed by atoms with Crippen molar-refractivity contribution in [1.82, 2.24) is 5.43 Å². The molecule has 1 unspecified atom stereocenters. The Balaban J connectivity index is 3.10. The number of hydrogen-bond acceptors (Lipinski definition) is 2. The molecule has 0 amide bonds. The molecule has 2 nitrogen and oxygen atoms in total. The van der Waals surface area contributed by atoms with Crippen LogP contribution in [0.4, 0.5) is 17.6 Å². The van der Waals surface area contributed by atoms with Crippen LogP contribution < -0.4 is 11.3 Å². The van der Waals surface area contributed by atoms with Gasteiger partial charge in [0, 0.05) is 5.56 Å². The minimum atomic E-state index is -2.91. The molecule has 0 fully saturated rings. The number of nitrogens with two attached hydrogens (primary N) is 1. The number of rotatable bonds is 3. The summed E-state index contributed by atoms with van der Waals surface area (Å²) in [6.07, 6.45) is -2.91. The Kier molecular flexibility index (Phi) is 3.43. The van der Waals surface area contributed by atoms with E-state index in [1.165, 1.54) is 0 Å². The molecule has 0 aromatic heterocycles. The van der Waals surface area contributed by atoms with E-state index in [2.05, 4.69) is 0 Å². The van der Waals surface area contributed by atoms with Crippen LogP contribution in [0.2, 0.25) is 0 Å². The van der Waals surface area contributed by atoms with Crippen LogP contribution in [0.1, 0.15) is 11.6 Å². The van der Waals surface area contributed by atoms with E-state index in [-0.39, 0.29) is 0 Å². The third-order valence-electron chi connectivity index (χ3n) is 1.75. The SMILES string of the molecule is NNC(c1cccc(F)c1F)C(F)F. The minimum Gasteiger partial charge on any atom is -0.271 e. The van der Waals surface area contributed by atoms with Crippen LogP contribution in [0.3, 0.4) is 0 Å². The zero-order valence-corrected chi connectivity index (χ0v) is 6.98. The lowest BCUT2D eigenvalue weighted by molar-refractivity contribution is 0.0965. The van der Waals surface area contributed by atoms with Gasteiger partial charge in [0.25, 0.3) is 6.43 Å². The molecule has 0 heterocycles. The second-order valence-electron chi connectivity index (χ2n) is 2.62. The molecule has 1 rings (SSSR count).